The van der Waals surface area contributed by atoms with E-state index in [1.165, 1.54) is 0 Å². The Balaban J connectivity index is 2.69. The molecular weight excluding hydrogens is 316 g/mol. The standard InChI is InChI=1S/C21H32O4/c1-14(2)19(17-11-9-8-10-12-17)16(4)24-20(23)15(3)13-18(22)25-21(5,6)7/h8-12,14-16,19H,13H2,1-7H3/t15-,16+,19-/m1/s1. The average molecular weight is 348 g/mol. The van der Waals surface area contributed by atoms with E-state index in [1.807, 2.05) is 45.9 Å². The Morgan fingerprint density at radius 3 is 2.04 bits per heavy atom. The normalized spacial score (nSPS) is 15.4. The predicted octanol–water partition coefficient (Wildman–Crippen LogP) is 4.73. The Kier molecular flexibility index (Phi) is 7.65. The van der Waals surface area contributed by atoms with E-state index in [0.717, 1.165) is 5.56 Å². The van der Waals surface area contributed by atoms with Crippen molar-refractivity contribution < 1.29 is 19.1 Å². The van der Waals surface area contributed by atoms with Gasteiger partial charge in [-0.15, -0.1) is 0 Å². The first-order valence-electron chi connectivity index (χ1n) is 8.98. The zero-order valence-electron chi connectivity index (χ0n) is 16.5. The maximum atomic E-state index is 12.4. The van der Waals surface area contributed by atoms with E-state index in [-0.39, 0.29) is 30.4 Å². The second kappa shape index (κ2) is 9.02. The molecular formula is C21H32O4. The largest absolute Gasteiger partial charge is 0.462 e. The molecule has 4 nitrogen and oxygen atoms in total. The third-order valence-electron chi connectivity index (χ3n) is 4.01. The minimum Gasteiger partial charge on any atom is -0.462 e. The van der Waals surface area contributed by atoms with Crippen LogP contribution in [0.2, 0.25) is 0 Å². The molecule has 0 aliphatic heterocycles. The van der Waals surface area contributed by atoms with Crippen LogP contribution in [0.3, 0.4) is 0 Å². The van der Waals surface area contributed by atoms with Gasteiger partial charge in [0.15, 0.2) is 0 Å². The van der Waals surface area contributed by atoms with Crippen LogP contribution in [0, 0.1) is 11.8 Å². The van der Waals surface area contributed by atoms with Gasteiger partial charge in [0.2, 0.25) is 0 Å². The number of hydrogen-bond acceptors (Lipinski definition) is 4. The highest BCUT2D eigenvalue weighted by Crippen LogP contribution is 2.30. The molecule has 0 amide bonds. The van der Waals surface area contributed by atoms with E-state index in [0.29, 0.717) is 5.92 Å². The van der Waals surface area contributed by atoms with Crippen LogP contribution in [-0.2, 0) is 19.1 Å². The van der Waals surface area contributed by atoms with Crippen molar-refractivity contribution in [3.63, 3.8) is 0 Å². The summed E-state index contributed by atoms with van der Waals surface area (Å²) in [7, 11) is 0. The van der Waals surface area contributed by atoms with Crippen molar-refractivity contribution in [1.82, 2.24) is 0 Å². The summed E-state index contributed by atoms with van der Waals surface area (Å²) in [6.07, 6.45) is -0.239. The molecule has 0 spiro atoms. The van der Waals surface area contributed by atoms with Crippen molar-refractivity contribution in [2.75, 3.05) is 0 Å². The lowest BCUT2D eigenvalue weighted by molar-refractivity contribution is -0.163. The van der Waals surface area contributed by atoms with Crippen molar-refractivity contribution in [2.24, 2.45) is 11.8 Å². The molecule has 0 saturated carbocycles. The number of rotatable bonds is 7. The molecule has 0 radical (unpaired) electrons. The topological polar surface area (TPSA) is 52.6 Å². The number of esters is 2. The van der Waals surface area contributed by atoms with Crippen molar-refractivity contribution in [1.29, 1.82) is 0 Å². The van der Waals surface area contributed by atoms with Gasteiger partial charge in [0.05, 0.1) is 12.3 Å². The Labute approximate surface area is 151 Å². The summed E-state index contributed by atoms with van der Waals surface area (Å²) in [6, 6.07) is 10.1. The van der Waals surface area contributed by atoms with Crippen LogP contribution in [0.1, 0.15) is 66.4 Å². The van der Waals surface area contributed by atoms with E-state index in [2.05, 4.69) is 26.0 Å². The van der Waals surface area contributed by atoms with E-state index in [9.17, 15) is 9.59 Å². The fraction of sp³-hybridized carbons (Fsp3) is 0.619. The third kappa shape index (κ3) is 7.29. The summed E-state index contributed by atoms with van der Waals surface area (Å²) >= 11 is 0. The van der Waals surface area contributed by atoms with Gasteiger partial charge >= 0.3 is 11.9 Å². The van der Waals surface area contributed by atoms with E-state index in [4.69, 9.17) is 9.47 Å². The molecule has 0 fully saturated rings. The highest BCUT2D eigenvalue weighted by atomic mass is 16.6. The molecule has 0 unspecified atom stereocenters. The molecule has 0 bridgehead atoms. The van der Waals surface area contributed by atoms with Gasteiger partial charge in [-0.3, -0.25) is 9.59 Å². The molecule has 4 heteroatoms. The summed E-state index contributed by atoms with van der Waals surface area (Å²) in [5.41, 5.74) is 0.599. The quantitative estimate of drug-likeness (QED) is 0.669. The summed E-state index contributed by atoms with van der Waals surface area (Å²) < 4.78 is 10.9. The molecule has 1 aromatic rings. The Hall–Kier alpha value is -1.84. The fourth-order valence-electron chi connectivity index (χ4n) is 2.96. The Morgan fingerprint density at radius 1 is 1.00 bits per heavy atom. The number of benzene rings is 1. The number of carbonyl (C=O) groups is 2. The monoisotopic (exact) mass is 348 g/mol. The minimum absolute atomic E-state index is 0.0283. The van der Waals surface area contributed by atoms with Gasteiger partial charge in [-0.25, -0.2) is 0 Å². The highest BCUT2D eigenvalue weighted by molar-refractivity contribution is 5.79. The van der Waals surface area contributed by atoms with Crippen molar-refractivity contribution in [2.45, 2.75) is 72.5 Å². The first-order valence-corrected chi connectivity index (χ1v) is 8.98. The molecule has 0 heterocycles. The van der Waals surface area contributed by atoms with Crippen LogP contribution in [0.5, 0.6) is 0 Å². The second-order valence-corrected chi connectivity index (χ2v) is 8.01. The number of carbonyl (C=O) groups excluding carboxylic acids is 2. The van der Waals surface area contributed by atoms with Gasteiger partial charge < -0.3 is 9.47 Å². The van der Waals surface area contributed by atoms with Crippen LogP contribution in [0.25, 0.3) is 0 Å². The lowest BCUT2D eigenvalue weighted by Gasteiger charge is -2.29. The zero-order chi connectivity index (χ0) is 19.2. The smallest absolute Gasteiger partial charge is 0.309 e. The van der Waals surface area contributed by atoms with Gasteiger partial charge in [0, 0.05) is 5.92 Å². The van der Waals surface area contributed by atoms with Gasteiger partial charge in [0.1, 0.15) is 11.7 Å². The highest BCUT2D eigenvalue weighted by Gasteiger charge is 2.29. The van der Waals surface area contributed by atoms with Crippen molar-refractivity contribution >= 4 is 11.9 Å². The van der Waals surface area contributed by atoms with Crippen LogP contribution in [-0.4, -0.2) is 23.6 Å². The van der Waals surface area contributed by atoms with E-state index in [1.54, 1.807) is 6.92 Å². The van der Waals surface area contributed by atoms with Gasteiger partial charge in [0.25, 0.3) is 0 Å². The zero-order valence-corrected chi connectivity index (χ0v) is 16.5. The summed E-state index contributed by atoms with van der Waals surface area (Å²) in [4.78, 5) is 24.3. The van der Waals surface area contributed by atoms with Gasteiger partial charge in [-0.1, -0.05) is 51.1 Å². The summed E-state index contributed by atoms with van der Waals surface area (Å²) in [6.45, 7) is 13.3. The fourth-order valence-corrected chi connectivity index (χ4v) is 2.96. The molecule has 140 valence electrons. The second-order valence-electron chi connectivity index (χ2n) is 8.01. The number of ether oxygens (including phenoxy) is 2. The third-order valence-corrected chi connectivity index (χ3v) is 4.01. The predicted molar refractivity (Wildman–Crippen MR) is 99.2 cm³/mol. The first kappa shape index (κ1) is 21.2. The molecule has 0 saturated heterocycles. The van der Waals surface area contributed by atoms with E-state index < -0.39 is 11.5 Å². The molecule has 25 heavy (non-hydrogen) atoms. The van der Waals surface area contributed by atoms with Gasteiger partial charge in [-0.05, 0) is 39.2 Å². The van der Waals surface area contributed by atoms with Crippen LogP contribution >= 0.6 is 0 Å². The average Bonchev–Trinajstić information content (AvgIpc) is 2.45. The molecule has 0 aliphatic carbocycles. The van der Waals surface area contributed by atoms with Crippen LogP contribution in [0.4, 0.5) is 0 Å². The molecule has 0 N–H and O–H groups in total. The van der Waals surface area contributed by atoms with Crippen LogP contribution in [0.15, 0.2) is 30.3 Å². The van der Waals surface area contributed by atoms with Crippen LogP contribution < -0.4 is 0 Å². The summed E-state index contributed by atoms with van der Waals surface area (Å²) in [5, 5.41) is 0. The van der Waals surface area contributed by atoms with Gasteiger partial charge in [-0.2, -0.15) is 0 Å². The lowest BCUT2D eigenvalue weighted by Crippen LogP contribution is -2.31. The molecule has 0 aromatic heterocycles. The molecule has 3 atom stereocenters. The first-order chi connectivity index (χ1) is 11.5. The minimum atomic E-state index is -0.552. The Bertz CT molecular complexity index is 557. The maximum Gasteiger partial charge on any atom is 0.309 e. The van der Waals surface area contributed by atoms with Crippen molar-refractivity contribution in [3.05, 3.63) is 35.9 Å². The maximum absolute atomic E-state index is 12.4. The Morgan fingerprint density at radius 2 is 1.56 bits per heavy atom. The van der Waals surface area contributed by atoms with E-state index >= 15 is 0 Å². The molecule has 1 rings (SSSR count). The summed E-state index contributed by atoms with van der Waals surface area (Å²) in [5.74, 6) is -0.834. The SMILES string of the molecule is CC(C)[C@@H](c1ccccc1)[C@H](C)OC(=O)[C@H](C)CC(=O)OC(C)(C)C. The molecule has 1 aromatic carbocycles. The van der Waals surface area contributed by atoms with Crippen molar-refractivity contribution in [3.8, 4) is 0 Å². The lowest BCUT2D eigenvalue weighted by atomic mass is 9.84. The number of hydrogen-bond donors (Lipinski definition) is 0. The molecule has 0 aliphatic rings.